The highest BCUT2D eigenvalue weighted by Crippen LogP contribution is 2.24. The number of carbonyl (C=O) groups excluding carboxylic acids is 1. The average Bonchev–Trinajstić information content (AvgIpc) is 2.44. The third-order valence-electron chi connectivity index (χ3n) is 2.95. The van der Waals surface area contributed by atoms with E-state index < -0.39 is 0 Å². The van der Waals surface area contributed by atoms with Crippen LogP contribution in [0.5, 0.6) is 11.5 Å². The van der Waals surface area contributed by atoms with Crippen molar-refractivity contribution in [1.29, 1.82) is 0 Å². The average molecular weight is 303 g/mol. The maximum atomic E-state index is 12.1. The molecule has 1 N–H and O–H groups in total. The molecule has 0 aromatic heterocycles. The highest BCUT2D eigenvalue weighted by molar-refractivity contribution is 5.85. The van der Waals surface area contributed by atoms with Crippen molar-refractivity contribution in [1.82, 2.24) is 10.2 Å². The number of halogens is 1. The van der Waals surface area contributed by atoms with Crippen molar-refractivity contribution in [2.45, 2.75) is 6.42 Å². The molecular formula is C14H23ClN2O3. The molecule has 0 aliphatic rings. The zero-order valence-corrected chi connectivity index (χ0v) is 13.3. The minimum Gasteiger partial charge on any atom is -0.497 e. The molecule has 0 saturated heterocycles. The van der Waals surface area contributed by atoms with Gasteiger partial charge >= 0.3 is 0 Å². The van der Waals surface area contributed by atoms with Crippen LogP contribution in [0.15, 0.2) is 18.2 Å². The summed E-state index contributed by atoms with van der Waals surface area (Å²) in [6, 6.07) is 5.47. The standard InChI is InChI=1S/C14H22N2O3.ClH/c1-15-7-8-16(2)14(17)10-11-9-12(18-3)5-6-13(11)19-4;/h5-6,9,15H,7-8,10H2,1-4H3;1H. The van der Waals surface area contributed by atoms with Crippen LogP contribution < -0.4 is 14.8 Å². The zero-order chi connectivity index (χ0) is 14.3. The number of hydrogen-bond acceptors (Lipinski definition) is 4. The highest BCUT2D eigenvalue weighted by atomic mass is 35.5. The second-order valence-corrected chi connectivity index (χ2v) is 4.27. The van der Waals surface area contributed by atoms with Crippen molar-refractivity contribution in [2.75, 3.05) is 41.4 Å². The van der Waals surface area contributed by atoms with Gasteiger partial charge in [0.05, 0.1) is 20.6 Å². The van der Waals surface area contributed by atoms with E-state index in [1.54, 1.807) is 26.2 Å². The molecule has 114 valence electrons. The Balaban J connectivity index is 0.00000361. The molecule has 1 rings (SSSR count). The van der Waals surface area contributed by atoms with Crippen LogP contribution in [0.1, 0.15) is 5.56 Å². The Morgan fingerprint density at radius 3 is 2.55 bits per heavy atom. The fraction of sp³-hybridized carbons (Fsp3) is 0.500. The van der Waals surface area contributed by atoms with E-state index in [1.165, 1.54) is 0 Å². The van der Waals surface area contributed by atoms with Crippen molar-refractivity contribution < 1.29 is 14.3 Å². The van der Waals surface area contributed by atoms with E-state index in [0.717, 1.165) is 17.9 Å². The normalized spacial score (nSPS) is 9.60. The Morgan fingerprint density at radius 2 is 2.00 bits per heavy atom. The molecule has 0 bridgehead atoms. The molecule has 0 saturated carbocycles. The predicted octanol–water partition coefficient (Wildman–Crippen LogP) is 1.35. The van der Waals surface area contributed by atoms with Gasteiger partial charge in [0.1, 0.15) is 11.5 Å². The number of nitrogens with zero attached hydrogens (tertiary/aromatic N) is 1. The summed E-state index contributed by atoms with van der Waals surface area (Å²) in [5.74, 6) is 1.49. The van der Waals surface area contributed by atoms with Crippen molar-refractivity contribution in [3.63, 3.8) is 0 Å². The fourth-order valence-electron chi connectivity index (χ4n) is 1.72. The molecule has 0 fully saturated rings. The lowest BCUT2D eigenvalue weighted by molar-refractivity contribution is -0.129. The van der Waals surface area contributed by atoms with Crippen LogP contribution in [0, 0.1) is 0 Å². The molecule has 1 aromatic rings. The first-order valence-corrected chi connectivity index (χ1v) is 6.21. The Hall–Kier alpha value is -1.46. The Bertz CT molecular complexity index is 427. The van der Waals surface area contributed by atoms with Gasteiger partial charge in [0.25, 0.3) is 0 Å². The van der Waals surface area contributed by atoms with Gasteiger partial charge in [0.15, 0.2) is 0 Å². The van der Waals surface area contributed by atoms with Gasteiger partial charge in [-0.25, -0.2) is 0 Å². The molecule has 1 amide bonds. The SMILES string of the molecule is CNCCN(C)C(=O)Cc1cc(OC)ccc1OC.Cl. The molecule has 6 heteroatoms. The lowest BCUT2D eigenvalue weighted by Crippen LogP contribution is -2.33. The maximum Gasteiger partial charge on any atom is 0.226 e. The number of hydrogen-bond donors (Lipinski definition) is 1. The van der Waals surface area contributed by atoms with Gasteiger partial charge < -0.3 is 19.7 Å². The molecule has 0 unspecified atom stereocenters. The van der Waals surface area contributed by atoms with Crippen molar-refractivity contribution in [3.8, 4) is 11.5 Å². The molecule has 0 spiro atoms. The van der Waals surface area contributed by atoms with E-state index in [2.05, 4.69) is 5.32 Å². The molecular weight excluding hydrogens is 280 g/mol. The number of amides is 1. The molecule has 0 radical (unpaired) electrons. The molecule has 5 nitrogen and oxygen atoms in total. The second-order valence-electron chi connectivity index (χ2n) is 4.27. The van der Waals surface area contributed by atoms with Crippen LogP contribution in [0.3, 0.4) is 0 Å². The van der Waals surface area contributed by atoms with Gasteiger partial charge in [-0.15, -0.1) is 12.4 Å². The first kappa shape index (κ1) is 18.5. The largest absolute Gasteiger partial charge is 0.497 e. The van der Waals surface area contributed by atoms with E-state index in [1.807, 2.05) is 25.2 Å². The first-order valence-electron chi connectivity index (χ1n) is 6.21. The monoisotopic (exact) mass is 302 g/mol. The Labute approximate surface area is 126 Å². The van der Waals surface area contributed by atoms with E-state index in [4.69, 9.17) is 9.47 Å². The Kier molecular flexibility index (Phi) is 8.76. The Morgan fingerprint density at radius 1 is 1.30 bits per heavy atom. The fourth-order valence-corrected chi connectivity index (χ4v) is 1.72. The van der Waals surface area contributed by atoms with Crippen molar-refractivity contribution in [2.24, 2.45) is 0 Å². The number of rotatable bonds is 7. The minimum atomic E-state index is 0. The quantitative estimate of drug-likeness (QED) is 0.826. The number of likely N-dealkylation sites (N-methyl/N-ethyl adjacent to an activating group) is 2. The highest BCUT2D eigenvalue weighted by Gasteiger charge is 2.13. The van der Waals surface area contributed by atoms with E-state index in [-0.39, 0.29) is 18.3 Å². The summed E-state index contributed by atoms with van der Waals surface area (Å²) in [5, 5.41) is 3.02. The van der Waals surface area contributed by atoms with Crippen molar-refractivity contribution in [3.05, 3.63) is 23.8 Å². The van der Waals surface area contributed by atoms with Crippen LogP contribution in [0.25, 0.3) is 0 Å². The predicted molar refractivity (Wildman–Crippen MR) is 82.1 cm³/mol. The molecule has 1 aromatic carbocycles. The summed E-state index contributed by atoms with van der Waals surface area (Å²) in [4.78, 5) is 13.8. The third kappa shape index (κ3) is 5.27. The van der Waals surface area contributed by atoms with Gasteiger partial charge in [0.2, 0.25) is 5.91 Å². The number of nitrogens with one attached hydrogen (secondary N) is 1. The van der Waals surface area contributed by atoms with E-state index in [0.29, 0.717) is 18.7 Å². The number of benzene rings is 1. The summed E-state index contributed by atoms with van der Waals surface area (Å²) in [6.45, 7) is 1.46. The third-order valence-corrected chi connectivity index (χ3v) is 2.95. The molecule has 0 atom stereocenters. The number of ether oxygens (including phenoxy) is 2. The van der Waals surface area contributed by atoms with Crippen LogP contribution in [0.2, 0.25) is 0 Å². The van der Waals surface area contributed by atoms with Gasteiger partial charge in [-0.2, -0.15) is 0 Å². The summed E-state index contributed by atoms with van der Waals surface area (Å²) >= 11 is 0. The topological polar surface area (TPSA) is 50.8 Å². The van der Waals surface area contributed by atoms with Crippen LogP contribution in [0.4, 0.5) is 0 Å². The lowest BCUT2D eigenvalue weighted by atomic mass is 10.1. The van der Waals surface area contributed by atoms with Crippen LogP contribution in [-0.2, 0) is 11.2 Å². The zero-order valence-electron chi connectivity index (χ0n) is 12.4. The maximum absolute atomic E-state index is 12.1. The first-order chi connectivity index (χ1) is 9.12. The number of carbonyl (C=O) groups is 1. The summed E-state index contributed by atoms with van der Waals surface area (Å²) in [5.41, 5.74) is 0.836. The second kappa shape index (κ2) is 9.44. The van der Waals surface area contributed by atoms with Crippen LogP contribution in [-0.4, -0.2) is 52.2 Å². The van der Waals surface area contributed by atoms with Crippen molar-refractivity contribution >= 4 is 18.3 Å². The molecule has 0 aliphatic carbocycles. The number of methoxy groups -OCH3 is 2. The smallest absolute Gasteiger partial charge is 0.226 e. The summed E-state index contributed by atoms with van der Waals surface area (Å²) in [6.07, 6.45) is 0.306. The van der Waals surface area contributed by atoms with Gasteiger partial charge in [-0.05, 0) is 25.2 Å². The van der Waals surface area contributed by atoms with Crippen LogP contribution >= 0.6 is 12.4 Å². The summed E-state index contributed by atoms with van der Waals surface area (Å²) < 4.78 is 10.4. The lowest BCUT2D eigenvalue weighted by Gasteiger charge is -2.18. The van der Waals surface area contributed by atoms with Gasteiger partial charge in [-0.1, -0.05) is 0 Å². The van der Waals surface area contributed by atoms with E-state index >= 15 is 0 Å². The van der Waals surface area contributed by atoms with Gasteiger partial charge in [0, 0.05) is 25.7 Å². The summed E-state index contributed by atoms with van der Waals surface area (Å²) in [7, 11) is 6.86. The minimum absolute atomic E-state index is 0. The molecule has 0 heterocycles. The molecule has 0 aliphatic heterocycles. The molecule has 20 heavy (non-hydrogen) atoms. The van der Waals surface area contributed by atoms with Gasteiger partial charge in [-0.3, -0.25) is 4.79 Å². The van der Waals surface area contributed by atoms with E-state index in [9.17, 15) is 4.79 Å².